The van der Waals surface area contributed by atoms with Gasteiger partial charge in [-0.05, 0) is 0 Å². The molecule has 45 heavy (non-hydrogen) atoms. The normalized spacial score (nSPS) is 12.7. The minimum absolute atomic E-state index is 0.0145. The van der Waals surface area contributed by atoms with Crippen molar-refractivity contribution < 1.29 is 9.47 Å². The van der Waals surface area contributed by atoms with E-state index in [-0.39, 0.29) is 14.5 Å². The fourth-order valence-electron chi connectivity index (χ4n) is 5.93. The van der Waals surface area contributed by atoms with Gasteiger partial charge in [-0.1, -0.05) is 0 Å². The topological polar surface area (TPSA) is 50.7 Å². The molecular weight excluding hydrogens is 623 g/mol. The van der Waals surface area contributed by atoms with Gasteiger partial charge in [0, 0.05) is 0 Å². The van der Waals surface area contributed by atoms with Gasteiger partial charge in [0.1, 0.15) is 0 Å². The number of benzene rings is 6. The molecule has 1 aromatic heterocycles. The molecule has 0 saturated carbocycles. The van der Waals surface area contributed by atoms with Crippen LogP contribution in [0.3, 0.4) is 0 Å². The molecule has 214 valence electrons. The van der Waals surface area contributed by atoms with Crippen LogP contribution in [-0.2, 0) is 0 Å². The van der Waals surface area contributed by atoms with Crippen LogP contribution >= 0.6 is 0 Å². The van der Waals surface area contributed by atoms with Gasteiger partial charge < -0.3 is 0 Å². The molecule has 0 unspecified atom stereocenters. The molecule has 3 heterocycles. The Balaban J connectivity index is 1.00. The SMILES string of the molecule is c1ccc2c(c1)Oc1ccccc1N2c1ccc(-c2nnc(-c3ccc(N4c5ccccc5Oc5ccccc54)cc3)[se]2)cc1. The van der Waals surface area contributed by atoms with E-state index >= 15 is 0 Å². The first-order valence-electron chi connectivity index (χ1n) is 14.7. The van der Waals surface area contributed by atoms with E-state index in [0.717, 1.165) is 77.4 Å². The first-order chi connectivity index (χ1) is 22.3. The zero-order chi connectivity index (χ0) is 29.7. The molecule has 0 bridgehead atoms. The van der Waals surface area contributed by atoms with Crippen LogP contribution in [0.4, 0.5) is 34.1 Å². The second-order valence-corrected chi connectivity index (χ2v) is 12.8. The fraction of sp³-hybridized carbons (Fsp3) is 0. The van der Waals surface area contributed by atoms with Gasteiger partial charge in [0.2, 0.25) is 0 Å². The molecular formula is C38H24N4O2Se. The number of hydrogen-bond donors (Lipinski definition) is 0. The zero-order valence-corrected chi connectivity index (χ0v) is 25.6. The van der Waals surface area contributed by atoms with Crippen molar-refractivity contribution in [3.63, 3.8) is 0 Å². The van der Waals surface area contributed by atoms with Crippen molar-refractivity contribution >= 4 is 48.6 Å². The number of aromatic nitrogens is 2. The van der Waals surface area contributed by atoms with Crippen molar-refractivity contribution in [3.8, 4) is 43.3 Å². The van der Waals surface area contributed by atoms with E-state index in [1.807, 2.05) is 72.8 Å². The Kier molecular flexibility index (Phi) is 6.04. The predicted molar refractivity (Wildman–Crippen MR) is 179 cm³/mol. The Hall–Kier alpha value is -5.62. The minimum atomic E-state index is -0.0145. The van der Waals surface area contributed by atoms with Crippen LogP contribution in [0.25, 0.3) is 20.3 Å². The molecule has 7 heteroatoms. The van der Waals surface area contributed by atoms with Crippen LogP contribution in [0.5, 0.6) is 23.0 Å². The predicted octanol–water partition coefficient (Wildman–Crippen LogP) is 10.0. The molecule has 2 aliphatic rings. The average Bonchev–Trinajstić information content (AvgIpc) is 3.60. The number of fused-ring (bicyclic) bond motifs is 4. The van der Waals surface area contributed by atoms with Crippen molar-refractivity contribution in [1.82, 2.24) is 10.2 Å². The Morgan fingerprint density at radius 3 is 1.02 bits per heavy atom. The van der Waals surface area contributed by atoms with Crippen LogP contribution in [0.15, 0.2) is 146 Å². The van der Waals surface area contributed by atoms with E-state index in [1.165, 1.54) is 0 Å². The van der Waals surface area contributed by atoms with Crippen LogP contribution in [0.1, 0.15) is 0 Å². The van der Waals surface area contributed by atoms with Crippen LogP contribution in [0.2, 0.25) is 0 Å². The molecule has 2 aliphatic heterocycles. The molecule has 7 aromatic rings. The molecule has 0 atom stereocenters. The van der Waals surface area contributed by atoms with Crippen LogP contribution in [-0.4, -0.2) is 24.7 Å². The number of rotatable bonds is 4. The van der Waals surface area contributed by atoms with Gasteiger partial charge in [-0.15, -0.1) is 0 Å². The van der Waals surface area contributed by atoms with Gasteiger partial charge in [-0.2, -0.15) is 0 Å². The van der Waals surface area contributed by atoms with Crippen molar-refractivity contribution in [2.24, 2.45) is 0 Å². The van der Waals surface area contributed by atoms with Gasteiger partial charge in [0.05, 0.1) is 0 Å². The summed E-state index contributed by atoms with van der Waals surface area (Å²) in [6, 6.07) is 49.7. The molecule has 0 fully saturated rings. The number of ether oxygens (including phenoxy) is 2. The second kappa shape index (κ2) is 10.5. The van der Waals surface area contributed by atoms with Gasteiger partial charge in [0.15, 0.2) is 0 Å². The van der Waals surface area contributed by atoms with Gasteiger partial charge in [-0.3, -0.25) is 0 Å². The Morgan fingerprint density at radius 2 is 0.689 bits per heavy atom. The molecule has 0 radical (unpaired) electrons. The second-order valence-electron chi connectivity index (χ2n) is 10.8. The number of hydrogen-bond acceptors (Lipinski definition) is 6. The van der Waals surface area contributed by atoms with Crippen molar-refractivity contribution in [1.29, 1.82) is 0 Å². The molecule has 6 aromatic carbocycles. The van der Waals surface area contributed by atoms with E-state index in [1.54, 1.807) is 0 Å². The van der Waals surface area contributed by atoms with Crippen molar-refractivity contribution in [2.75, 3.05) is 9.80 Å². The fourth-order valence-corrected chi connectivity index (χ4v) is 7.72. The zero-order valence-electron chi connectivity index (χ0n) is 23.9. The van der Waals surface area contributed by atoms with Gasteiger partial charge in [0.25, 0.3) is 0 Å². The van der Waals surface area contributed by atoms with E-state index < -0.39 is 0 Å². The van der Waals surface area contributed by atoms with E-state index in [4.69, 9.17) is 9.47 Å². The van der Waals surface area contributed by atoms with Gasteiger partial charge in [-0.25, -0.2) is 0 Å². The molecule has 6 nitrogen and oxygen atoms in total. The number of nitrogens with zero attached hydrogens (tertiary/aromatic N) is 4. The monoisotopic (exact) mass is 648 g/mol. The van der Waals surface area contributed by atoms with E-state index in [0.29, 0.717) is 0 Å². The summed E-state index contributed by atoms with van der Waals surface area (Å²) < 4.78 is 14.4. The van der Waals surface area contributed by atoms with Crippen LogP contribution in [0, 0.1) is 0 Å². The number of para-hydroxylation sites is 8. The molecule has 9 rings (SSSR count). The summed E-state index contributed by atoms with van der Waals surface area (Å²) in [5.41, 5.74) is 8.38. The molecule has 0 spiro atoms. The summed E-state index contributed by atoms with van der Waals surface area (Å²) in [4.78, 5) is 4.49. The Morgan fingerprint density at radius 1 is 0.378 bits per heavy atom. The Labute approximate surface area is 266 Å². The average molecular weight is 648 g/mol. The standard InChI is InChI=1S/C38H24N4O2Se/c1-5-13-33-29(9-1)41(30-10-2-6-14-34(30)43-33)27-21-17-25(18-22-27)37-39-40-38(45-37)26-19-23-28(24-20-26)42-31-11-3-7-15-35(31)44-36-16-8-4-12-32(36)42/h1-24H. The Bertz CT molecular complexity index is 1950. The maximum atomic E-state index is 6.18. The maximum absolute atomic E-state index is 6.18. The molecule has 0 N–H and O–H groups in total. The summed E-state index contributed by atoms with van der Waals surface area (Å²) in [5, 5.41) is 9.24. The summed E-state index contributed by atoms with van der Waals surface area (Å²) in [5.74, 6) is 3.37. The van der Waals surface area contributed by atoms with E-state index in [2.05, 4.69) is 92.8 Å². The third-order valence-electron chi connectivity index (χ3n) is 8.03. The molecule has 0 saturated heterocycles. The number of anilines is 6. The molecule has 0 aliphatic carbocycles. The molecule has 0 amide bonds. The third-order valence-corrected chi connectivity index (χ3v) is 10.2. The quantitative estimate of drug-likeness (QED) is 0.177. The summed E-state index contributed by atoms with van der Waals surface area (Å²) in [6.07, 6.45) is 0. The summed E-state index contributed by atoms with van der Waals surface area (Å²) >= 11 is -0.0145. The third kappa shape index (κ3) is 4.41. The van der Waals surface area contributed by atoms with Crippen LogP contribution < -0.4 is 19.3 Å². The van der Waals surface area contributed by atoms with Crippen molar-refractivity contribution in [3.05, 3.63) is 146 Å². The first kappa shape index (κ1) is 25.8. The van der Waals surface area contributed by atoms with E-state index in [9.17, 15) is 0 Å². The van der Waals surface area contributed by atoms with Crippen molar-refractivity contribution in [2.45, 2.75) is 0 Å². The summed E-state index contributed by atoms with van der Waals surface area (Å²) in [6.45, 7) is 0. The summed E-state index contributed by atoms with van der Waals surface area (Å²) in [7, 11) is 0. The first-order valence-corrected chi connectivity index (χ1v) is 16.4. The van der Waals surface area contributed by atoms with Gasteiger partial charge >= 0.3 is 267 Å².